The van der Waals surface area contributed by atoms with Gasteiger partial charge in [0.15, 0.2) is 0 Å². The molecule has 0 aliphatic heterocycles. The molecule has 0 aliphatic carbocycles. The van der Waals surface area contributed by atoms with Gasteiger partial charge in [-0.3, -0.25) is 0 Å². The fourth-order valence-corrected chi connectivity index (χ4v) is 2.48. The van der Waals surface area contributed by atoms with Crippen molar-refractivity contribution >= 4 is 0 Å². The normalized spacial score (nSPS) is 12.9. The lowest BCUT2D eigenvalue weighted by atomic mass is 9.78. The van der Waals surface area contributed by atoms with E-state index in [9.17, 15) is 0 Å². The Kier molecular flexibility index (Phi) is 6.43. The first-order valence-corrected chi connectivity index (χ1v) is 6.26. The minimum Gasteiger partial charge on any atom is -0.309 e. The SMILES string of the molecule is CCCC(CCC)(NC(C)C)C(C)C. The molecule has 1 heteroatoms. The van der Waals surface area contributed by atoms with Crippen LogP contribution in [0.15, 0.2) is 0 Å². The van der Waals surface area contributed by atoms with E-state index in [4.69, 9.17) is 0 Å². The molecule has 1 nitrogen and oxygen atoms in total. The van der Waals surface area contributed by atoms with Crippen LogP contribution in [0.2, 0.25) is 0 Å². The number of rotatable bonds is 7. The molecule has 1 N–H and O–H groups in total. The minimum atomic E-state index is 0.373. The maximum absolute atomic E-state index is 3.79. The van der Waals surface area contributed by atoms with Crippen LogP contribution in [0.3, 0.4) is 0 Å². The van der Waals surface area contributed by atoms with Gasteiger partial charge in [0.1, 0.15) is 0 Å². The largest absolute Gasteiger partial charge is 0.309 e. The van der Waals surface area contributed by atoms with Crippen LogP contribution in [0, 0.1) is 5.92 Å². The first kappa shape index (κ1) is 14.0. The first-order chi connectivity index (χ1) is 6.48. The highest BCUT2D eigenvalue weighted by Crippen LogP contribution is 2.28. The van der Waals surface area contributed by atoms with Crippen molar-refractivity contribution in [3.63, 3.8) is 0 Å². The Labute approximate surface area is 90.7 Å². The highest BCUT2D eigenvalue weighted by Gasteiger charge is 2.31. The molecule has 0 heterocycles. The predicted octanol–water partition coefficient (Wildman–Crippen LogP) is 3.98. The molecular formula is C13H29N. The van der Waals surface area contributed by atoms with Crippen molar-refractivity contribution in [2.75, 3.05) is 0 Å². The summed E-state index contributed by atoms with van der Waals surface area (Å²) in [6.45, 7) is 13.8. The molecule has 0 rings (SSSR count). The average Bonchev–Trinajstić information content (AvgIpc) is 2.03. The van der Waals surface area contributed by atoms with E-state index in [1.54, 1.807) is 0 Å². The second kappa shape index (κ2) is 6.44. The number of hydrogen-bond donors (Lipinski definition) is 1. The van der Waals surface area contributed by atoms with E-state index in [-0.39, 0.29) is 0 Å². The van der Waals surface area contributed by atoms with Crippen molar-refractivity contribution in [3.8, 4) is 0 Å². The van der Waals surface area contributed by atoms with Gasteiger partial charge in [-0.05, 0) is 18.8 Å². The van der Waals surface area contributed by atoms with Crippen molar-refractivity contribution in [2.24, 2.45) is 5.92 Å². The van der Waals surface area contributed by atoms with Crippen LogP contribution in [-0.2, 0) is 0 Å². The molecular weight excluding hydrogens is 170 g/mol. The molecule has 0 aliphatic rings. The lowest BCUT2D eigenvalue weighted by Gasteiger charge is -2.40. The average molecular weight is 199 g/mol. The molecule has 0 atom stereocenters. The Morgan fingerprint density at radius 2 is 1.36 bits per heavy atom. The molecule has 0 radical (unpaired) electrons. The van der Waals surface area contributed by atoms with Crippen LogP contribution in [0.5, 0.6) is 0 Å². The summed E-state index contributed by atoms with van der Waals surface area (Å²) < 4.78 is 0. The van der Waals surface area contributed by atoms with Gasteiger partial charge in [0, 0.05) is 11.6 Å². The molecule has 0 aromatic rings. The maximum atomic E-state index is 3.79. The molecule has 0 unspecified atom stereocenters. The highest BCUT2D eigenvalue weighted by atomic mass is 15.0. The monoisotopic (exact) mass is 199 g/mol. The lowest BCUT2D eigenvalue weighted by molar-refractivity contribution is 0.183. The number of hydrogen-bond acceptors (Lipinski definition) is 1. The van der Waals surface area contributed by atoms with E-state index in [1.165, 1.54) is 25.7 Å². The summed E-state index contributed by atoms with van der Waals surface area (Å²) in [5, 5.41) is 3.79. The van der Waals surface area contributed by atoms with Gasteiger partial charge in [0.25, 0.3) is 0 Å². The van der Waals surface area contributed by atoms with E-state index in [0.29, 0.717) is 11.6 Å². The van der Waals surface area contributed by atoms with Crippen LogP contribution in [0.1, 0.15) is 67.2 Å². The van der Waals surface area contributed by atoms with E-state index >= 15 is 0 Å². The predicted molar refractivity (Wildman–Crippen MR) is 65.7 cm³/mol. The van der Waals surface area contributed by atoms with Crippen LogP contribution in [0.4, 0.5) is 0 Å². The van der Waals surface area contributed by atoms with Crippen LogP contribution in [-0.4, -0.2) is 11.6 Å². The summed E-state index contributed by atoms with van der Waals surface area (Å²) in [5.74, 6) is 0.727. The topological polar surface area (TPSA) is 12.0 Å². The Bertz CT molecular complexity index is 132. The second-order valence-electron chi connectivity index (χ2n) is 5.11. The van der Waals surface area contributed by atoms with Crippen molar-refractivity contribution in [1.82, 2.24) is 5.32 Å². The molecule has 0 saturated heterocycles. The minimum absolute atomic E-state index is 0.373. The molecule has 0 saturated carbocycles. The smallest absolute Gasteiger partial charge is 0.0206 e. The molecule has 0 spiro atoms. The van der Waals surface area contributed by atoms with Gasteiger partial charge in [0.2, 0.25) is 0 Å². The molecule has 0 amide bonds. The van der Waals surface area contributed by atoms with Crippen LogP contribution >= 0.6 is 0 Å². The lowest BCUT2D eigenvalue weighted by Crippen LogP contribution is -2.52. The standard InChI is InChI=1S/C13H29N/c1-7-9-13(10-8-2,11(3)4)14-12(5)6/h11-12,14H,7-10H2,1-6H3. The van der Waals surface area contributed by atoms with E-state index in [1.807, 2.05) is 0 Å². The highest BCUT2D eigenvalue weighted by molar-refractivity contribution is 4.91. The van der Waals surface area contributed by atoms with Crippen molar-refractivity contribution < 1.29 is 0 Å². The molecule has 14 heavy (non-hydrogen) atoms. The van der Waals surface area contributed by atoms with Crippen molar-refractivity contribution in [3.05, 3.63) is 0 Å². The van der Waals surface area contributed by atoms with Crippen LogP contribution in [0.25, 0.3) is 0 Å². The Morgan fingerprint density at radius 1 is 0.929 bits per heavy atom. The zero-order valence-electron chi connectivity index (χ0n) is 11.0. The molecule has 0 fully saturated rings. The van der Waals surface area contributed by atoms with E-state index < -0.39 is 0 Å². The quantitative estimate of drug-likeness (QED) is 0.654. The third-order valence-electron chi connectivity index (χ3n) is 3.07. The van der Waals surface area contributed by atoms with Crippen LogP contribution < -0.4 is 5.32 Å². The first-order valence-electron chi connectivity index (χ1n) is 6.26. The van der Waals surface area contributed by atoms with Gasteiger partial charge in [0.05, 0.1) is 0 Å². The third kappa shape index (κ3) is 4.00. The summed E-state index contributed by atoms with van der Waals surface area (Å²) >= 11 is 0. The van der Waals surface area contributed by atoms with Crippen molar-refractivity contribution in [2.45, 2.75) is 78.8 Å². The summed E-state index contributed by atoms with van der Waals surface area (Å²) in [4.78, 5) is 0. The van der Waals surface area contributed by atoms with E-state index in [2.05, 4.69) is 46.9 Å². The number of nitrogens with one attached hydrogen (secondary N) is 1. The van der Waals surface area contributed by atoms with Gasteiger partial charge in [-0.2, -0.15) is 0 Å². The van der Waals surface area contributed by atoms with Crippen molar-refractivity contribution in [1.29, 1.82) is 0 Å². The van der Waals surface area contributed by atoms with E-state index in [0.717, 1.165) is 5.92 Å². The van der Waals surface area contributed by atoms with Gasteiger partial charge >= 0.3 is 0 Å². The summed E-state index contributed by atoms with van der Waals surface area (Å²) in [5.41, 5.74) is 0.373. The summed E-state index contributed by atoms with van der Waals surface area (Å²) in [6.07, 6.45) is 5.16. The Hall–Kier alpha value is -0.0400. The zero-order chi connectivity index (χ0) is 11.2. The molecule has 86 valence electrons. The fraction of sp³-hybridized carbons (Fsp3) is 1.00. The summed E-state index contributed by atoms with van der Waals surface area (Å²) in [6, 6.07) is 0.593. The Morgan fingerprint density at radius 3 is 1.57 bits per heavy atom. The van der Waals surface area contributed by atoms with Gasteiger partial charge in [-0.25, -0.2) is 0 Å². The molecule has 0 bridgehead atoms. The maximum Gasteiger partial charge on any atom is 0.0206 e. The summed E-state index contributed by atoms with van der Waals surface area (Å²) in [7, 11) is 0. The molecule has 0 aromatic carbocycles. The van der Waals surface area contributed by atoms with Gasteiger partial charge < -0.3 is 5.32 Å². The third-order valence-corrected chi connectivity index (χ3v) is 3.07. The fourth-order valence-electron chi connectivity index (χ4n) is 2.48. The zero-order valence-corrected chi connectivity index (χ0v) is 11.0. The molecule has 0 aromatic heterocycles. The van der Waals surface area contributed by atoms with Gasteiger partial charge in [-0.15, -0.1) is 0 Å². The Balaban J connectivity index is 4.55. The van der Waals surface area contributed by atoms with Gasteiger partial charge in [-0.1, -0.05) is 54.4 Å². The second-order valence-corrected chi connectivity index (χ2v) is 5.11.